The average molecular weight is 287 g/mol. The molecule has 3 N–H and O–H groups in total. The van der Waals surface area contributed by atoms with Crippen LogP contribution in [-0.2, 0) is 9.59 Å². The minimum Gasteiger partial charge on any atom is -0.481 e. The van der Waals surface area contributed by atoms with Crippen LogP contribution in [-0.4, -0.2) is 54.6 Å². The third-order valence-corrected chi connectivity index (χ3v) is 2.96. The van der Waals surface area contributed by atoms with Gasteiger partial charge in [0, 0.05) is 19.0 Å². The molecule has 0 aromatic rings. The molecular weight excluding hydrogens is 262 g/mol. The van der Waals surface area contributed by atoms with Crippen molar-refractivity contribution in [2.75, 3.05) is 20.6 Å². The van der Waals surface area contributed by atoms with Gasteiger partial charge in [0.25, 0.3) is 0 Å². The van der Waals surface area contributed by atoms with Crippen LogP contribution in [0.25, 0.3) is 0 Å². The summed E-state index contributed by atoms with van der Waals surface area (Å²) >= 11 is 0. The predicted octanol–water partition coefficient (Wildman–Crippen LogP) is 0.653. The number of aliphatic carboxylic acids is 1. The molecule has 0 aromatic heterocycles. The maximum absolute atomic E-state index is 11.7. The molecule has 0 fully saturated rings. The maximum Gasteiger partial charge on any atom is 0.321 e. The molecule has 0 aliphatic rings. The molecule has 0 radical (unpaired) electrons. The highest BCUT2D eigenvalue weighted by Crippen LogP contribution is 2.24. The quantitative estimate of drug-likeness (QED) is 0.638. The van der Waals surface area contributed by atoms with Gasteiger partial charge < -0.3 is 15.3 Å². The molecule has 7 heteroatoms. The zero-order valence-electron chi connectivity index (χ0n) is 12.8. The van der Waals surface area contributed by atoms with Gasteiger partial charge >= 0.3 is 12.0 Å². The van der Waals surface area contributed by atoms with Gasteiger partial charge in [-0.05, 0) is 26.4 Å². The number of likely N-dealkylation sites (N-methyl/N-ethyl adjacent to an activating group) is 1. The van der Waals surface area contributed by atoms with Gasteiger partial charge in [0.05, 0.1) is 6.42 Å². The van der Waals surface area contributed by atoms with Gasteiger partial charge in [0.1, 0.15) is 0 Å². The van der Waals surface area contributed by atoms with E-state index in [9.17, 15) is 14.4 Å². The second-order valence-corrected chi connectivity index (χ2v) is 5.98. The van der Waals surface area contributed by atoms with Crippen LogP contribution < -0.4 is 10.6 Å². The third-order valence-electron chi connectivity index (χ3n) is 2.96. The molecule has 0 bridgehead atoms. The van der Waals surface area contributed by atoms with Gasteiger partial charge in [-0.25, -0.2) is 4.79 Å². The number of carbonyl (C=O) groups excluding carboxylic acids is 2. The zero-order valence-corrected chi connectivity index (χ0v) is 12.8. The highest BCUT2D eigenvalue weighted by atomic mass is 16.4. The Morgan fingerprint density at radius 2 is 1.75 bits per heavy atom. The van der Waals surface area contributed by atoms with Gasteiger partial charge in [0.2, 0.25) is 5.91 Å². The number of urea groups is 1. The monoisotopic (exact) mass is 287 g/mol. The molecule has 1 atom stereocenters. The summed E-state index contributed by atoms with van der Waals surface area (Å²) in [7, 11) is 3.79. The number of nitrogens with one attached hydrogen (secondary N) is 2. The van der Waals surface area contributed by atoms with E-state index in [-0.39, 0.29) is 18.9 Å². The molecule has 20 heavy (non-hydrogen) atoms. The lowest BCUT2D eigenvalue weighted by Gasteiger charge is -2.22. The van der Waals surface area contributed by atoms with Crippen LogP contribution >= 0.6 is 0 Å². The normalized spacial score (nSPS) is 12.9. The number of carboxylic acid groups (broad SMARTS) is 1. The molecule has 0 aromatic carbocycles. The molecule has 116 valence electrons. The standard InChI is InChI=1S/C13H25N3O4/c1-9(16(4)5)8-14-12(20)15-10(17)6-13(2,3)7-11(18)19/h9H,6-8H2,1-5H3,(H,18,19)(H2,14,15,17,20). The highest BCUT2D eigenvalue weighted by molar-refractivity contribution is 5.94. The van der Waals surface area contributed by atoms with E-state index in [2.05, 4.69) is 10.6 Å². The number of amides is 3. The lowest BCUT2D eigenvalue weighted by atomic mass is 9.85. The SMILES string of the molecule is CC(CNC(=O)NC(=O)CC(C)(C)CC(=O)O)N(C)C. The van der Waals surface area contributed by atoms with E-state index in [0.717, 1.165) is 0 Å². The first-order valence-corrected chi connectivity index (χ1v) is 6.49. The lowest BCUT2D eigenvalue weighted by Crippen LogP contribution is -2.45. The fourth-order valence-electron chi connectivity index (χ4n) is 1.54. The first-order chi connectivity index (χ1) is 9.03. The second kappa shape index (κ2) is 7.84. The number of rotatable bonds is 7. The Bertz CT molecular complexity index is 367. The Labute approximate surface area is 119 Å². The first kappa shape index (κ1) is 18.4. The number of nitrogens with zero attached hydrogens (tertiary/aromatic N) is 1. The minimum absolute atomic E-state index is 0.0179. The summed E-state index contributed by atoms with van der Waals surface area (Å²) in [6, 6.07) is -0.408. The summed E-state index contributed by atoms with van der Waals surface area (Å²) < 4.78 is 0. The summed E-state index contributed by atoms with van der Waals surface area (Å²) in [5.41, 5.74) is -0.687. The first-order valence-electron chi connectivity index (χ1n) is 6.49. The van der Waals surface area contributed by atoms with Crippen LogP contribution in [0.1, 0.15) is 33.6 Å². The molecule has 0 aliphatic heterocycles. The van der Waals surface area contributed by atoms with Crippen molar-refractivity contribution in [1.29, 1.82) is 0 Å². The summed E-state index contributed by atoms with van der Waals surface area (Å²) in [5, 5.41) is 13.5. The summed E-state index contributed by atoms with van der Waals surface area (Å²) in [5.74, 6) is -1.45. The van der Waals surface area contributed by atoms with Gasteiger partial charge in [-0.1, -0.05) is 13.8 Å². The fraction of sp³-hybridized carbons (Fsp3) is 0.769. The Balaban J connectivity index is 4.14. The largest absolute Gasteiger partial charge is 0.481 e. The van der Waals surface area contributed by atoms with Crippen molar-refractivity contribution in [3.05, 3.63) is 0 Å². The summed E-state index contributed by atoms with van der Waals surface area (Å²) in [6.45, 7) is 5.71. The molecule has 0 aliphatic carbocycles. The molecule has 0 saturated carbocycles. The molecule has 1 unspecified atom stereocenters. The Kier molecular flexibility index (Phi) is 7.20. The van der Waals surface area contributed by atoms with Gasteiger partial charge in [-0.3, -0.25) is 14.9 Å². The van der Waals surface area contributed by atoms with Crippen molar-refractivity contribution in [3.8, 4) is 0 Å². The minimum atomic E-state index is -0.966. The van der Waals surface area contributed by atoms with Crippen LogP contribution in [0.2, 0.25) is 0 Å². The van der Waals surface area contributed by atoms with Crippen molar-refractivity contribution in [2.45, 2.75) is 39.7 Å². The van der Waals surface area contributed by atoms with E-state index >= 15 is 0 Å². The van der Waals surface area contributed by atoms with Crippen molar-refractivity contribution < 1.29 is 19.5 Å². The second-order valence-electron chi connectivity index (χ2n) is 5.98. The predicted molar refractivity (Wildman–Crippen MR) is 75.3 cm³/mol. The van der Waals surface area contributed by atoms with E-state index in [4.69, 9.17) is 5.11 Å². The summed E-state index contributed by atoms with van der Waals surface area (Å²) in [4.78, 5) is 35.8. The van der Waals surface area contributed by atoms with E-state index in [1.807, 2.05) is 25.9 Å². The average Bonchev–Trinajstić information content (AvgIpc) is 2.22. The van der Waals surface area contributed by atoms with Gasteiger partial charge in [-0.15, -0.1) is 0 Å². The van der Waals surface area contributed by atoms with Crippen LogP contribution in [0.4, 0.5) is 4.79 Å². The Morgan fingerprint density at radius 3 is 2.20 bits per heavy atom. The van der Waals surface area contributed by atoms with E-state index in [0.29, 0.717) is 6.54 Å². The van der Waals surface area contributed by atoms with E-state index in [1.165, 1.54) is 0 Å². The van der Waals surface area contributed by atoms with E-state index in [1.54, 1.807) is 13.8 Å². The molecule has 7 nitrogen and oxygen atoms in total. The molecule has 0 rings (SSSR count). The number of imide groups is 1. The van der Waals surface area contributed by atoms with Crippen molar-refractivity contribution in [2.24, 2.45) is 5.41 Å². The molecular formula is C13H25N3O4. The van der Waals surface area contributed by atoms with Crippen LogP contribution in [0, 0.1) is 5.41 Å². The van der Waals surface area contributed by atoms with Crippen molar-refractivity contribution >= 4 is 17.9 Å². The molecule has 3 amide bonds. The Morgan fingerprint density at radius 1 is 1.20 bits per heavy atom. The van der Waals surface area contributed by atoms with Gasteiger partial charge in [-0.2, -0.15) is 0 Å². The highest BCUT2D eigenvalue weighted by Gasteiger charge is 2.26. The van der Waals surface area contributed by atoms with Crippen LogP contribution in [0.3, 0.4) is 0 Å². The number of hydrogen-bond acceptors (Lipinski definition) is 4. The Hall–Kier alpha value is -1.63. The topological polar surface area (TPSA) is 98.7 Å². The third kappa shape index (κ3) is 8.47. The van der Waals surface area contributed by atoms with Crippen molar-refractivity contribution in [1.82, 2.24) is 15.5 Å². The molecule has 0 spiro atoms. The summed E-state index contributed by atoms with van der Waals surface area (Å²) in [6.07, 6.45) is -0.143. The number of hydrogen-bond donors (Lipinski definition) is 3. The van der Waals surface area contributed by atoms with Gasteiger partial charge in [0.15, 0.2) is 0 Å². The molecule has 0 heterocycles. The smallest absolute Gasteiger partial charge is 0.321 e. The van der Waals surface area contributed by atoms with Crippen LogP contribution in [0.15, 0.2) is 0 Å². The zero-order chi connectivity index (χ0) is 15.9. The number of carbonyl (C=O) groups is 3. The fourth-order valence-corrected chi connectivity index (χ4v) is 1.54. The van der Waals surface area contributed by atoms with Crippen molar-refractivity contribution in [3.63, 3.8) is 0 Å². The van der Waals surface area contributed by atoms with E-state index < -0.39 is 23.3 Å². The molecule has 0 saturated heterocycles. The number of carboxylic acids is 1. The lowest BCUT2D eigenvalue weighted by molar-refractivity contribution is -0.139. The van der Waals surface area contributed by atoms with Crippen LogP contribution in [0.5, 0.6) is 0 Å². The maximum atomic E-state index is 11.7.